The number of anilines is 1. The number of nitriles is 1. The van der Waals surface area contributed by atoms with Gasteiger partial charge in [-0.25, -0.2) is 13.8 Å². The van der Waals surface area contributed by atoms with Crippen molar-refractivity contribution in [1.29, 1.82) is 5.26 Å². The zero-order chi connectivity index (χ0) is 23.0. The fourth-order valence-corrected chi connectivity index (χ4v) is 5.06. The fraction of sp³-hybridized carbons (Fsp3) is 0.360. The molecule has 0 spiro atoms. The number of carbonyl (C=O) groups is 1. The number of nitrogens with zero attached hydrogens (tertiary/aromatic N) is 5. The van der Waals surface area contributed by atoms with Crippen LogP contribution in [0.15, 0.2) is 54.9 Å². The van der Waals surface area contributed by atoms with Crippen molar-refractivity contribution in [2.45, 2.75) is 43.7 Å². The van der Waals surface area contributed by atoms with Gasteiger partial charge >= 0.3 is 0 Å². The van der Waals surface area contributed by atoms with Gasteiger partial charge in [0, 0.05) is 61.4 Å². The minimum Gasteiger partial charge on any atom is -0.347 e. The molecule has 6 nitrogen and oxygen atoms in total. The van der Waals surface area contributed by atoms with E-state index in [0.29, 0.717) is 29.6 Å². The lowest BCUT2D eigenvalue weighted by atomic mass is 9.98. The van der Waals surface area contributed by atoms with Crippen LogP contribution in [-0.4, -0.2) is 45.9 Å². The summed E-state index contributed by atoms with van der Waals surface area (Å²) in [5.41, 5.74) is 0.936. The van der Waals surface area contributed by atoms with Gasteiger partial charge in [0.05, 0.1) is 11.1 Å². The summed E-state index contributed by atoms with van der Waals surface area (Å²) in [7, 11) is 0. The lowest BCUT2D eigenvalue weighted by Crippen LogP contribution is -2.55. The van der Waals surface area contributed by atoms with Gasteiger partial charge in [-0.15, -0.1) is 0 Å². The van der Waals surface area contributed by atoms with E-state index in [4.69, 9.17) is 5.26 Å². The third-order valence-electron chi connectivity index (χ3n) is 6.67. The molecule has 2 aliphatic heterocycles. The summed E-state index contributed by atoms with van der Waals surface area (Å²) in [5, 5.41) is 9.40. The molecule has 1 amide bonds. The van der Waals surface area contributed by atoms with Crippen molar-refractivity contribution in [1.82, 2.24) is 14.9 Å². The number of halogens is 2. The first kappa shape index (κ1) is 21.3. The van der Waals surface area contributed by atoms with Crippen molar-refractivity contribution in [2.24, 2.45) is 0 Å². The predicted octanol–water partition coefficient (Wildman–Crippen LogP) is 4.25. The van der Waals surface area contributed by atoms with Gasteiger partial charge in [0.1, 0.15) is 11.9 Å². The summed E-state index contributed by atoms with van der Waals surface area (Å²) in [5.74, 6) is -2.56. The Hall–Kier alpha value is -3.60. The highest BCUT2D eigenvalue weighted by Gasteiger charge is 2.42. The number of rotatable bonds is 5. The highest BCUT2D eigenvalue weighted by atomic mass is 19.3. The Labute approximate surface area is 190 Å². The van der Waals surface area contributed by atoms with Gasteiger partial charge in [-0.2, -0.15) is 5.26 Å². The van der Waals surface area contributed by atoms with Gasteiger partial charge in [0.2, 0.25) is 5.91 Å². The number of hydrogen-bond donors (Lipinski definition) is 0. The highest BCUT2D eigenvalue weighted by Crippen LogP contribution is 2.38. The first-order valence-corrected chi connectivity index (χ1v) is 11.1. The molecule has 1 aromatic carbocycles. The number of likely N-dealkylation sites (tertiary alicyclic amines) is 1. The Balaban J connectivity index is 1.25. The molecule has 0 saturated carbocycles. The number of alkyl halides is 2. The summed E-state index contributed by atoms with van der Waals surface area (Å²) in [6.07, 6.45) is 4.24. The number of hydrogen-bond acceptors (Lipinski definition) is 5. The van der Waals surface area contributed by atoms with Crippen LogP contribution >= 0.6 is 0 Å². The van der Waals surface area contributed by atoms with Gasteiger partial charge in [0.15, 0.2) is 0 Å². The molecular weight excluding hydrogens is 424 g/mol. The maximum atomic E-state index is 15.1. The third kappa shape index (κ3) is 3.99. The molecule has 4 heterocycles. The lowest BCUT2D eigenvalue weighted by Gasteiger charge is -2.42. The number of amides is 1. The van der Waals surface area contributed by atoms with E-state index in [0.717, 1.165) is 18.7 Å². The molecule has 0 N–H and O–H groups in total. The van der Waals surface area contributed by atoms with E-state index in [1.165, 1.54) is 6.07 Å². The van der Waals surface area contributed by atoms with Crippen LogP contribution < -0.4 is 4.90 Å². The average molecular weight is 447 g/mol. The molecule has 33 heavy (non-hydrogen) atoms. The summed E-state index contributed by atoms with van der Waals surface area (Å²) in [6, 6.07) is 13.8. The van der Waals surface area contributed by atoms with Crippen molar-refractivity contribution in [3.05, 3.63) is 66.0 Å². The molecule has 2 aliphatic rings. The Morgan fingerprint density at radius 2 is 1.88 bits per heavy atom. The molecule has 2 unspecified atom stereocenters. The summed E-state index contributed by atoms with van der Waals surface area (Å²) >= 11 is 0. The Kier molecular flexibility index (Phi) is 5.41. The summed E-state index contributed by atoms with van der Waals surface area (Å²) < 4.78 is 30.2. The van der Waals surface area contributed by atoms with E-state index in [1.807, 2.05) is 6.07 Å². The number of carbonyl (C=O) groups excluding carboxylic acids is 1. The summed E-state index contributed by atoms with van der Waals surface area (Å²) in [6.45, 7) is 1.00. The first-order valence-electron chi connectivity index (χ1n) is 11.1. The van der Waals surface area contributed by atoms with Crippen LogP contribution in [0, 0.1) is 11.3 Å². The highest BCUT2D eigenvalue weighted by molar-refractivity contribution is 5.83. The van der Waals surface area contributed by atoms with E-state index in [1.54, 1.807) is 47.6 Å². The van der Waals surface area contributed by atoms with E-state index >= 15 is 8.78 Å². The molecule has 8 heteroatoms. The van der Waals surface area contributed by atoms with Crippen LogP contribution in [0.3, 0.4) is 0 Å². The van der Waals surface area contributed by atoms with E-state index in [2.05, 4.69) is 20.9 Å². The molecule has 3 aromatic rings. The second-order valence-electron chi connectivity index (χ2n) is 8.69. The monoisotopic (exact) mass is 447 g/mol. The molecule has 2 bridgehead atoms. The van der Waals surface area contributed by atoms with Gasteiger partial charge in [-0.3, -0.25) is 9.78 Å². The normalized spacial score (nSPS) is 20.2. The maximum Gasteiger partial charge on any atom is 0.274 e. The molecule has 2 fully saturated rings. The molecule has 2 aromatic heterocycles. The molecule has 5 rings (SSSR count). The van der Waals surface area contributed by atoms with Crippen molar-refractivity contribution >= 4 is 22.6 Å². The lowest BCUT2D eigenvalue weighted by molar-refractivity contribution is -0.134. The number of aromatic nitrogens is 2. The van der Waals surface area contributed by atoms with E-state index < -0.39 is 12.3 Å². The number of piperazine rings is 1. The number of fused-ring (bicyclic) bond motifs is 3. The average Bonchev–Trinajstić information content (AvgIpc) is 3.11. The Morgan fingerprint density at radius 3 is 2.58 bits per heavy atom. The standard InChI is InChI=1S/C25H23F2N5O/c26-25(27,21-4-1-5-22-20(21)3-2-12-29-22)11-10-24(33)31-15-18-7-8-19(16-31)32(18)23-9-6-17(13-28)14-30-23/h1-6,9,12,14,18-19H,7-8,10-11,15-16H2. The van der Waals surface area contributed by atoms with Crippen LogP contribution in [0.25, 0.3) is 10.9 Å². The number of benzene rings is 1. The van der Waals surface area contributed by atoms with Crippen LogP contribution in [0.5, 0.6) is 0 Å². The van der Waals surface area contributed by atoms with Crippen molar-refractivity contribution in [3.8, 4) is 6.07 Å². The van der Waals surface area contributed by atoms with Crippen molar-refractivity contribution < 1.29 is 13.6 Å². The minimum absolute atomic E-state index is 0.0855. The molecule has 168 valence electrons. The molecule has 2 saturated heterocycles. The van der Waals surface area contributed by atoms with Crippen molar-refractivity contribution in [3.63, 3.8) is 0 Å². The Bertz CT molecular complexity index is 1200. The van der Waals surface area contributed by atoms with Crippen LogP contribution in [0.2, 0.25) is 0 Å². The smallest absolute Gasteiger partial charge is 0.274 e. The van der Waals surface area contributed by atoms with Gasteiger partial charge in [0.25, 0.3) is 5.92 Å². The fourth-order valence-electron chi connectivity index (χ4n) is 5.06. The van der Waals surface area contributed by atoms with E-state index in [9.17, 15) is 4.79 Å². The molecule has 0 radical (unpaired) electrons. The van der Waals surface area contributed by atoms with Crippen LogP contribution in [0.4, 0.5) is 14.6 Å². The molecule has 0 aliphatic carbocycles. The Morgan fingerprint density at radius 1 is 1.09 bits per heavy atom. The maximum absolute atomic E-state index is 15.1. The van der Waals surface area contributed by atoms with Gasteiger partial charge in [-0.1, -0.05) is 18.2 Å². The molecular formula is C25H23F2N5O. The third-order valence-corrected chi connectivity index (χ3v) is 6.67. The zero-order valence-electron chi connectivity index (χ0n) is 18.0. The topological polar surface area (TPSA) is 73.1 Å². The van der Waals surface area contributed by atoms with Gasteiger partial charge < -0.3 is 9.80 Å². The summed E-state index contributed by atoms with van der Waals surface area (Å²) in [4.78, 5) is 25.4. The van der Waals surface area contributed by atoms with Crippen LogP contribution in [0.1, 0.15) is 36.8 Å². The van der Waals surface area contributed by atoms with Crippen molar-refractivity contribution in [2.75, 3.05) is 18.0 Å². The zero-order valence-corrected chi connectivity index (χ0v) is 18.0. The van der Waals surface area contributed by atoms with E-state index in [-0.39, 0.29) is 30.0 Å². The molecule has 2 atom stereocenters. The van der Waals surface area contributed by atoms with Gasteiger partial charge in [-0.05, 0) is 37.1 Å². The second-order valence-corrected chi connectivity index (χ2v) is 8.69. The SMILES string of the molecule is N#Cc1ccc(N2C3CCC2CN(C(=O)CCC(F)(F)c2cccc4ncccc24)C3)nc1. The predicted molar refractivity (Wildman–Crippen MR) is 120 cm³/mol. The quantitative estimate of drug-likeness (QED) is 0.585. The van der Waals surface area contributed by atoms with Crippen LogP contribution in [-0.2, 0) is 10.7 Å². The first-order chi connectivity index (χ1) is 16.0. The minimum atomic E-state index is -3.12. The second kappa shape index (κ2) is 8.39. The largest absolute Gasteiger partial charge is 0.347 e. The number of pyridine rings is 2.